The summed E-state index contributed by atoms with van der Waals surface area (Å²) in [6.45, 7) is 10.6. The van der Waals surface area contributed by atoms with E-state index in [-0.39, 0.29) is 5.41 Å². The summed E-state index contributed by atoms with van der Waals surface area (Å²) in [6, 6.07) is 0. The number of thiazole rings is 1. The highest BCUT2D eigenvalue weighted by Gasteiger charge is 2.21. The van der Waals surface area contributed by atoms with E-state index in [4.69, 9.17) is 5.11 Å². The van der Waals surface area contributed by atoms with Crippen molar-refractivity contribution in [2.45, 2.75) is 47.5 Å². The number of carbonyl (C=O) groups is 1. The van der Waals surface area contributed by atoms with Crippen molar-refractivity contribution in [1.29, 1.82) is 0 Å². The van der Waals surface area contributed by atoms with Crippen LogP contribution < -0.4 is 0 Å². The molecule has 1 heterocycles. The molecule has 1 aromatic rings. The predicted octanol–water partition coefficient (Wildman–Crippen LogP) is 3.63. The van der Waals surface area contributed by atoms with Gasteiger partial charge in [-0.2, -0.15) is 0 Å². The molecular weight excluding hydrogens is 234 g/mol. The number of hydrogen-bond donors (Lipinski definition) is 1. The largest absolute Gasteiger partial charge is 0.477 e. The maximum atomic E-state index is 11.2. The minimum Gasteiger partial charge on any atom is -0.477 e. The molecule has 17 heavy (non-hydrogen) atoms. The summed E-state index contributed by atoms with van der Waals surface area (Å²) >= 11 is 1.33. The van der Waals surface area contributed by atoms with E-state index in [1.54, 1.807) is 0 Å². The lowest BCUT2D eigenvalue weighted by Gasteiger charge is -2.15. The minimum absolute atomic E-state index is 0.142. The molecule has 0 fully saturated rings. The number of nitrogens with zero attached hydrogens (tertiary/aromatic N) is 1. The lowest BCUT2D eigenvalue weighted by molar-refractivity contribution is 0.0700. The fourth-order valence-electron chi connectivity index (χ4n) is 1.62. The predicted molar refractivity (Wildman–Crippen MR) is 70.8 cm³/mol. The monoisotopic (exact) mass is 255 g/mol. The van der Waals surface area contributed by atoms with Crippen LogP contribution in [0.3, 0.4) is 0 Å². The summed E-state index contributed by atoms with van der Waals surface area (Å²) in [4.78, 5) is 16.1. The molecule has 1 rings (SSSR count). The van der Waals surface area contributed by atoms with Crippen LogP contribution in [0.25, 0.3) is 0 Å². The Bertz CT molecular complexity index is 402. The second kappa shape index (κ2) is 5.17. The normalized spacial score (nSPS) is 12.1. The maximum Gasteiger partial charge on any atom is 0.347 e. The van der Waals surface area contributed by atoms with Gasteiger partial charge in [0, 0.05) is 6.42 Å². The van der Waals surface area contributed by atoms with Crippen molar-refractivity contribution in [2.24, 2.45) is 11.3 Å². The number of carboxylic acid groups (broad SMARTS) is 1. The van der Waals surface area contributed by atoms with Gasteiger partial charge in [-0.1, -0.05) is 34.6 Å². The number of aromatic nitrogens is 1. The van der Waals surface area contributed by atoms with Crippen LogP contribution in [-0.4, -0.2) is 16.1 Å². The van der Waals surface area contributed by atoms with Gasteiger partial charge in [-0.05, 0) is 17.8 Å². The van der Waals surface area contributed by atoms with Crippen molar-refractivity contribution in [1.82, 2.24) is 4.98 Å². The quantitative estimate of drug-likeness (QED) is 0.893. The van der Waals surface area contributed by atoms with Gasteiger partial charge in [-0.3, -0.25) is 0 Å². The Hall–Kier alpha value is -0.900. The van der Waals surface area contributed by atoms with Crippen molar-refractivity contribution in [2.75, 3.05) is 0 Å². The van der Waals surface area contributed by atoms with E-state index >= 15 is 0 Å². The molecule has 4 heteroatoms. The maximum absolute atomic E-state index is 11.2. The van der Waals surface area contributed by atoms with E-state index < -0.39 is 5.97 Å². The van der Waals surface area contributed by atoms with Crippen LogP contribution in [0.2, 0.25) is 0 Å². The molecule has 0 bridgehead atoms. The van der Waals surface area contributed by atoms with Crippen LogP contribution in [-0.2, 0) is 12.8 Å². The zero-order chi connectivity index (χ0) is 13.2. The first kappa shape index (κ1) is 14.2. The molecule has 0 saturated heterocycles. The van der Waals surface area contributed by atoms with Gasteiger partial charge in [0.2, 0.25) is 0 Å². The van der Waals surface area contributed by atoms with E-state index in [0.717, 1.165) is 23.5 Å². The zero-order valence-electron chi connectivity index (χ0n) is 11.2. The lowest BCUT2D eigenvalue weighted by Crippen LogP contribution is -2.09. The Labute approximate surface area is 107 Å². The van der Waals surface area contributed by atoms with Crippen LogP contribution in [0.15, 0.2) is 0 Å². The van der Waals surface area contributed by atoms with Crippen molar-refractivity contribution in [3.05, 3.63) is 15.6 Å². The summed E-state index contributed by atoms with van der Waals surface area (Å²) in [5.74, 6) is -0.420. The average Bonchev–Trinajstić information content (AvgIpc) is 2.43. The molecule has 3 nitrogen and oxygen atoms in total. The summed E-state index contributed by atoms with van der Waals surface area (Å²) in [5, 5.41) is 10.1. The molecule has 0 saturated carbocycles. The van der Waals surface area contributed by atoms with Gasteiger partial charge in [-0.15, -0.1) is 11.3 Å². The third-order valence-electron chi connectivity index (χ3n) is 2.22. The Kier molecular flexibility index (Phi) is 4.31. The standard InChI is InChI=1S/C13H21NO2S/c1-8(2)6-9-11(12(15)16)17-10(14-9)7-13(3,4)5/h8H,6-7H2,1-5H3,(H,15,16). The first-order valence-corrected chi connectivity index (χ1v) is 6.72. The summed E-state index contributed by atoms with van der Waals surface area (Å²) in [7, 11) is 0. The number of carboxylic acids is 1. The van der Waals surface area contributed by atoms with Gasteiger partial charge in [-0.25, -0.2) is 9.78 Å². The van der Waals surface area contributed by atoms with Crippen molar-refractivity contribution >= 4 is 17.3 Å². The third-order valence-corrected chi connectivity index (χ3v) is 3.30. The van der Waals surface area contributed by atoms with Gasteiger partial charge in [0.05, 0.1) is 10.7 Å². The molecule has 1 N–H and O–H groups in total. The van der Waals surface area contributed by atoms with Gasteiger partial charge >= 0.3 is 5.97 Å². The molecule has 0 aliphatic rings. The molecule has 96 valence electrons. The fourth-order valence-corrected chi connectivity index (χ4v) is 2.85. The number of aromatic carboxylic acids is 1. The molecule has 0 aromatic carbocycles. The Morgan fingerprint density at radius 1 is 1.41 bits per heavy atom. The van der Waals surface area contributed by atoms with Crippen molar-refractivity contribution in [3.8, 4) is 0 Å². The zero-order valence-corrected chi connectivity index (χ0v) is 12.0. The molecule has 0 spiro atoms. The number of hydrogen-bond acceptors (Lipinski definition) is 3. The number of rotatable bonds is 4. The summed E-state index contributed by atoms with van der Waals surface area (Å²) < 4.78 is 0. The lowest BCUT2D eigenvalue weighted by atomic mass is 9.93. The second-order valence-electron chi connectivity index (χ2n) is 6.02. The van der Waals surface area contributed by atoms with E-state index in [2.05, 4.69) is 39.6 Å². The second-order valence-corrected chi connectivity index (χ2v) is 7.11. The summed E-state index contributed by atoms with van der Waals surface area (Å²) in [6.07, 6.45) is 1.57. The van der Waals surface area contributed by atoms with Crippen LogP contribution >= 0.6 is 11.3 Å². The van der Waals surface area contributed by atoms with Crippen LogP contribution in [0.1, 0.15) is 55.0 Å². The summed E-state index contributed by atoms with van der Waals surface area (Å²) in [5.41, 5.74) is 0.889. The molecule has 0 aliphatic carbocycles. The van der Waals surface area contributed by atoms with Crippen molar-refractivity contribution in [3.63, 3.8) is 0 Å². The highest BCUT2D eigenvalue weighted by Crippen LogP contribution is 2.27. The first-order chi connectivity index (χ1) is 7.69. The Morgan fingerprint density at radius 3 is 2.41 bits per heavy atom. The smallest absolute Gasteiger partial charge is 0.347 e. The first-order valence-electron chi connectivity index (χ1n) is 5.91. The van der Waals surface area contributed by atoms with Crippen LogP contribution in [0.4, 0.5) is 0 Å². The molecule has 0 unspecified atom stereocenters. The molecule has 0 aliphatic heterocycles. The van der Waals surface area contributed by atoms with Gasteiger partial charge in [0.1, 0.15) is 4.88 Å². The van der Waals surface area contributed by atoms with Crippen molar-refractivity contribution < 1.29 is 9.90 Å². The topological polar surface area (TPSA) is 50.2 Å². The Morgan fingerprint density at radius 2 is 2.00 bits per heavy atom. The van der Waals surface area contributed by atoms with Crippen LogP contribution in [0, 0.1) is 11.3 Å². The third kappa shape index (κ3) is 4.46. The highest BCUT2D eigenvalue weighted by molar-refractivity contribution is 7.13. The van der Waals surface area contributed by atoms with Gasteiger partial charge in [0.15, 0.2) is 0 Å². The average molecular weight is 255 g/mol. The molecule has 0 radical (unpaired) electrons. The van der Waals surface area contributed by atoms with Crippen LogP contribution in [0.5, 0.6) is 0 Å². The van der Waals surface area contributed by atoms with E-state index in [1.807, 2.05) is 0 Å². The molecule has 0 atom stereocenters. The van der Waals surface area contributed by atoms with Gasteiger partial charge in [0.25, 0.3) is 0 Å². The Balaban J connectivity index is 3.00. The molecule has 1 aromatic heterocycles. The van der Waals surface area contributed by atoms with E-state index in [0.29, 0.717) is 10.8 Å². The molecule has 0 amide bonds. The van der Waals surface area contributed by atoms with E-state index in [1.165, 1.54) is 11.3 Å². The van der Waals surface area contributed by atoms with Gasteiger partial charge < -0.3 is 5.11 Å². The molecular formula is C13H21NO2S. The SMILES string of the molecule is CC(C)Cc1nc(CC(C)(C)C)sc1C(=O)O. The fraction of sp³-hybridized carbons (Fsp3) is 0.692. The van der Waals surface area contributed by atoms with E-state index in [9.17, 15) is 4.79 Å². The minimum atomic E-state index is -0.849. The highest BCUT2D eigenvalue weighted by atomic mass is 32.1.